The molecule has 1 saturated heterocycles. The second-order valence-electron chi connectivity index (χ2n) is 6.32. The fourth-order valence-electron chi connectivity index (χ4n) is 3.03. The van der Waals surface area contributed by atoms with Crippen LogP contribution in [0.15, 0.2) is 28.8 Å². The van der Waals surface area contributed by atoms with Crippen LogP contribution in [-0.2, 0) is 9.59 Å². The fraction of sp³-hybridized carbons (Fsp3) is 0.444. The topological polar surface area (TPSA) is 88.8 Å². The Bertz CT molecular complexity index is 808. The molecule has 27 heavy (non-hydrogen) atoms. The molecule has 0 aliphatic carbocycles. The molecular formula is C18H21FN4O4. The van der Waals surface area contributed by atoms with Crippen molar-refractivity contribution in [2.45, 2.75) is 26.3 Å². The van der Waals surface area contributed by atoms with E-state index in [9.17, 15) is 14.0 Å². The van der Waals surface area contributed by atoms with Gasteiger partial charge in [-0.2, -0.15) is 4.98 Å². The van der Waals surface area contributed by atoms with Crippen molar-refractivity contribution in [2.24, 2.45) is 0 Å². The van der Waals surface area contributed by atoms with E-state index in [0.29, 0.717) is 43.5 Å². The Kier molecular flexibility index (Phi) is 5.68. The van der Waals surface area contributed by atoms with Gasteiger partial charge in [-0.05, 0) is 37.6 Å². The molecule has 1 aromatic carbocycles. The number of amides is 2. The van der Waals surface area contributed by atoms with E-state index in [1.54, 1.807) is 16.7 Å². The van der Waals surface area contributed by atoms with Gasteiger partial charge in [-0.3, -0.25) is 9.59 Å². The molecule has 0 bridgehead atoms. The molecule has 1 unspecified atom stereocenters. The molecule has 3 rings (SSSR count). The van der Waals surface area contributed by atoms with Crippen LogP contribution in [0.25, 0.3) is 0 Å². The van der Waals surface area contributed by atoms with Gasteiger partial charge in [-0.15, -0.1) is 0 Å². The van der Waals surface area contributed by atoms with E-state index >= 15 is 0 Å². The third-order valence-electron chi connectivity index (χ3n) is 4.42. The number of hydrogen-bond acceptors (Lipinski definition) is 6. The summed E-state index contributed by atoms with van der Waals surface area (Å²) in [5.74, 6) is 0.604. The van der Waals surface area contributed by atoms with Crippen LogP contribution in [-0.4, -0.2) is 58.0 Å². The van der Waals surface area contributed by atoms with Crippen molar-refractivity contribution < 1.29 is 23.2 Å². The molecule has 9 heteroatoms. The number of aromatic nitrogens is 2. The van der Waals surface area contributed by atoms with Crippen molar-refractivity contribution in [3.63, 3.8) is 0 Å². The zero-order valence-electron chi connectivity index (χ0n) is 15.2. The summed E-state index contributed by atoms with van der Waals surface area (Å²) in [7, 11) is 0. The summed E-state index contributed by atoms with van der Waals surface area (Å²) >= 11 is 0. The predicted octanol–water partition coefficient (Wildman–Crippen LogP) is 1.72. The Balaban J connectivity index is 1.63. The van der Waals surface area contributed by atoms with Crippen LogP contribution in [0.4, 0.5) is 4.39 Å². The highest BCUT2D eigenvalue weighted by Gasteiger charge is 2.32. The van der Waals surface area contributed by atoms with E-state index in [-0.39, 0.29) is 30.3 Å². The van der Waals surface area contributed by atoms with Crippen molar-refractivity contribution in [3.8, 4) is 5.75 Å². The van der Waals surface area contributed by atoms with Crippen LogP contribution in [0.2, 0.25) is 0 Å². The van der Waals surface area contributed by atoms with E-state index in [1.165, 1.54) is 31.2 Å². The molecule has 1 aliphatic rings. The summed E-state index contributed by atoms with van der Waals surface area (Å²) in [4.78, 5) is 32.0. The molecule has 2 heterocycles. The number of carbonyl (C=O) groups is 2. The zero-order valence-corrected chi connectivity index (χ0v) is 15.2. The van der Waals surface area contributed by atoms with E-state index in [2.05, 4.69) is 10.1 Å². The highest BCUT2D eigenvalue weighted by molar-refractivity contribution is 5.78. The number of aryl methyl sites for hydroxylation is 1. The molecule has 0 N–H and O–H groups in total. The van der Waals surface area contributed by atoms with E-state index in [1.807, 2.05) is 0 Å². The van der Waals surface area contributed by atoms with Crippen LogP contribution in [0, 0.1) is 12.7 Å². The zero-order chi connectivity index (χ0) is 19.4. The molecule has 2 amide bonds. The molecule has 0 saturated carbocycles. The summed E-state index contributed by atoms with van der Waals surface area (Å²) in [6, 6.07) is 5.12. The van der Waals surface area contributed by atoms with Gasteiger partial charge < -0.3 is 19.1 Å². The summed E-state index contributed by atoms with van der Waals surface area (Å²) < 4.78 is 23.6. The second-order valence-corrected chi connectivity index (χ2v) is 6.32. The SMILES string of the molecule is CC(=O)N1CCN(C(=O)COc2ccc(F)cc2)CCC1c1nc(C)no1. The van der Waals surface area contributed by atoms with Gasteiger partial charge in [-0.1, -0.05) is 5.16 Å². The number of ether oxygens (including phenoxy) is 1. The lowest BCUT2D eigenvalue weighted by atomic mass is 10.1. The average Bonchev–Trinajstić information content (AvgIpc) is 2.94. The molecule has 8 nitrogen and oxygen atoms in total. The lowest BCUT2D eigenvalue weighted by molar-refractivity contribution is -0.134. The maximum Gasteiger partial charge on any atom is 0.260 e. The molecule has 0 radical (unpaired) electrons. The van der Waals surface area contributed by atoms with Crippen LogP contribution in [0.1, 0.15) is 31.1 Å². The van der Waals surface area contributed by atoms with Crippen molar-refractivity contribution in [2.75, 3.05) is 26.2 Å². The number of benzene rings is 1. The summed E-state index contributed by atoms with van der Waals surface area (Å²) in [6.45, 7) is 4.21. The molecule has 144 valence electrons. The van der Waals surface area contributed by atoms with Gasteiger partial charge in [0.25, 0.3) is 5.91 Å². The first-order valence-corrected chi connectivity index (χ1v) is 8.67. The molecule has 2 aromatic rings. The molecular weight excluding hydrogens is 355 g/mol. The largest absolute Gasteiger partial charge is 0.484 e. The van der Waals surface area contributed by atoms with E-state index < -0.39 is 0 Å². The van der Waals surface area contributed by atoms with E-state index in [0.717, 1.165) is 0 Å². The monoisotopic (exact) mass is 376 g/mol. The summed E-state index contributed by atoms with van der Waals surface area (Å²) in [5, 5.41) is 3.79. The lowest BCUT2D eigenvalue weighted by Gasteiger charge is -2.25. The standard InChI is InChI=1S/C18H21FN4O4/c1-12-20-18(27-21-12)16-7-8-22(9-10-23(16)13(2)24)17(25)11-26-15-5-3-14(19)4-6-15/h3-6,16H,7-11H2,1-2H3. The molecule has 1 atom stereocenters. The lowest BCUT2D eigenvalue weighted by Crippen LogP contribution is -2.39. The van der Waals surface area contributed by atoms with Gasteiger partial charge in [0, 0.05) is 26.6 Å². The number of hydrogen-bond donors (Lipinski definition) is 0. The number of nitrogens with zero attached hydrogens (tertiary/aromatic N) is 4. The minimum atomic E-state index is -0.368. The normalized spacial score (nSPS) is 17.5. The first kappa shape index (κ1) is 18.8. The number of rotatable bonds is 4. The Morgan fingerprint density at radius 2 is 2.00 bits per heavy atom. The smallest absolute Gasteiger partial charge is 0.260 e. The van der Waals surface area contributed by atoms with Crippen LogP contribution in [0.3, 0.4) is 0 Å². The minimum Gasteiger partial charge on any atom is -0.484 e. The Morgan fingerprint density at radius 1 is 1.26 bits per heavy atom. The Hall–Kier alpha value is -2.97. The average molecular weight is 376 g/mol. The quantitative estimate of drug-likeness (QED) is 0.807. The van der Waals surface area contributed by atoms with Crippen molar-refractivity contribution in [3.05, 3.63) is 41.8 Å². The van der Waals surface area contributed by atoms with Gasteiger partial charge in [0.1, 0.15) is 17.6 Å². The third kappa shape index (κ3) is 4.60. The first-order chi connectivity index (χ1) is 12.9. The Labute approximate surface area is 155 Å². The maximum absolute atomic E-state index is 12.9. The van der Waals surface area contributed by atoms with Crippen LogP contribution >= 0.6 is 0 Å². The van der Waals surface area contributed by atoms with Crippen molar-refractivity contribution >= 4 is 11.8 Å². The van der Waals surface area contributed by atoms with Crippen LogP contribution in [0.5, 0.6) is 5.75 Å². The second kappa shape index (κ2) is 8.15. The summed E-state index contributed by atoms with van der Waals surface area (Å²) in [5.41, 5.74) is 0. The van der Waals surface area contributed by atoms with Crippen LogP contribution < -0.4 is 4.74 Å². The summed E-state index contributed by atoms with van der Waals surface area (Å²) in [6.07, 6.45) is 0.490. The highest BCUT2D eigenvalue weighted by atomic mass is 19.1. The van der Waals surface area contributed by atoms with Crippen molar-refractivity contribution in [1.82, 2.24) is 19.9 Å². The first-order valence-electron chi connectivity index (χ1n) is 8.67. The van der Waals surface area contributed by atoms with Gasteiger partial charge in [0.15, 0.2) is 12.4 Å². The van der Waals surface area contributed by atoms with Crippen molar-refractivity contribution in [1.29, 1.82) is 0 Å². The highest BCUT2D eigenvalue weighted by Crippen LogP contribution is 2.26. The van der Waals surface area contributed by atoms with E-state index in [4.69, 9.17) is 9.26 Å². The Morgan fingerprint density at radius 3 is 2.63 bits per heavy atom. The van der Waals surface area contributed by atoms with Gasteiger partial charge >= 0.3 is 0 Å². The minimum absolute atomic E-state index is 0.118. The predicted molar refractivity (Wildman–Crippen MR) is 92.3 cm³/mol. The van der Waals surface area contributed by atoms with Gasteiger partial charge in [0.2, 0.25) is 11.8 Å². The van der Waals surface area contributed by atoms with Gasteiger partial charge in [-0.25, -0.2) is 4.39 Å². The van der Waals surface area contributed by atoms with Gasteiger partial charge in [0.05, 0.1) is 0 Å². The maximum atomic E-state index is 12.9. The third-order valence-corrected chi connectivity index (χ3v) is 4.42. The molecule has 1 aromatic heterocycles. The molecule has 1 fully saturated rings. The number of carbonyl (C=O) groups excluding carboxylic acids is 2. The fourth-order valence-corrected chi connectivity index (χ4v) is 3.03. The number of halogens is 1. The molecule has 0 spiro atoms. The molecule has 1 aliphatic heterocycles.